The summed E-state index contributed by atoms with van der Waals surface area (Å²) in [7, 11) is 0. The summed E-state index contributed by atoms with van der Waals surface area (Å²) in [5.41, 5.74) is 4.35. The molecule has 3 nitrogen and oxygen atoms in total. The van der Waals surface area contributed by atoms with Crippen molar-refractivity contribution < 1.29 is 14.3 Å². The second-order valence-corrected chi connectivity index (χ2v) is 7.48. The minimum Gasteiger partial charge on any atom is -0.481 e. The van der Waals surface area contributed by atoms with E-state index in [-0.39, 0.29) is 6.42 Å². The Balaban J connectivity index is 1.73. The van der Waals surface area contributed by atoms with E-state index in [0.29, 0.717) is 27.8 Å². The van der Waals surface area contributed by atoms with Gasteiger partial charge in [-0.25, -0.2) is 0 Å². The van der Waals surface area contributed by atoms with Gasteiger partial charge in [0.15, 0.2) is 0 Å². The molecule has 1 aromatic heterocycles. The van der Waals surface area contributed by atoms with Crippen LogP contribution >= 0.6 is 23.2 Å². The Kier molecular flexibility index (Phi) is 5.12. The number of furan rings is 1. The SMILES string of the molecule is O=C(O)Cc1c(Cc2cccc(-c3cc(Cl)cc(Cl)c3)c2)oc2ccccc12. The van der Waals surface area contributed by atoms with E-state index in [4.69, 9.17) is 27.6 Å². The molecule has 4 aromatic rings. The van der Waals surface area contributed by atoms with Crippen molar-refractivity contribution in [3.05, 3.63) is 93.7 Å². The largest absolute Gasteiger partial charge is 0.481 e. The lowest BCUT2D eigenvalue weighted by molar-refractivity contribution is -0.136. The van der Waals surface area contributed by atoms with Gasteiger partial charge in [-0.15, -0.1) is 0 Å². The van der Waals surface area contributed by atoms with E-state index in [1.165, 1.54) is 0 Å². The van der Waals surface area contributed by atoms with E-state index in [2.05, 4.69) is 0 Å². The highest BCUT2D eigenvalue weighted by atomic mass is 35.5. The highest BCUT2D eigenvalue weighted by molar-refractivity contribution is 6.35. The fourth-order valence-corrected chi connectivity index (χ4v) is 3.93. The summed E-state index contributed by atoms with van der Waals surface area (Å²) >= 11 is 12.3. The second kappa shape index (κ2) is 7.70. The summed E-state index contributed by atoms with van der Waals surface area (Å²) in [5.74, 6) is -0.208. The lowest BCUT2D eigenvalue weighted by atomic mass is 9.99. The molecule has 0 unspecified atom stereocenters. The van der Waals surface area contributed by atoms with Gasteiger partial charge >= 0.3 is 5.97 Å². The maximum atomic E-state index is 11.4. The van der Waals surface area contributed by atoms with Crippen LogP contribution < -0.4 is 0 Å². The number of hydrogen-bond acceptors (Lipinski definition) is 2. The molecule has 0 aliphatic heterocycles. The van der Waals surface area contributed by atoms with E-state index < -0.39 is 5.97 Å². The quantitative estimate of drug-likeness (QED) is 0.401. The lowest BCUT2D eigenvalue weighted by Gasteiger charge is -2.07. The minimum absolute atomic E-state index is 0.0735. The molecular formula is C23H16Cl2O3. The van der Waals surface area contributed by atoms with Crippen LogP contribution in [0.25, 0.3) is 22.1 Å². The molecular weight excluding hydrogens is 395 g/mol. The molecule has 1 N–H and O–H groups in total. The normalized spacial score (nSPS) is 11.1. The maximum absolute atomic E-state index is 11.4. The predicted octanol–water partition coefficient (Wildman–Crippen LogP) is 6.62. The molecule has 0 radical (unpaired) electrons. The van der Waals surface area contributed by atoms with Crippen molar-refractivity contribution in [3.63, 3.8) is 0 Å². The molecule has 0 bridgehead atoms. The van der Waals surface area contributed by atoms with Gasteiger partial charge in [0.25, 0.3) is 0 Å². The zero-order chi connectivity index (χ0) is 19.7. The number of fused-ring (bicyclic) bond motifs is 1. The Morgan fingerprint density at radius 3 is 2.39 bits per heavy atom. The van der Waals surface area contributed by atoms with Crippen molar-refractivity contribution in [1.29, 1.82) is 0 Å². The molecule has 0 fully saturated rings. The van der Waals surface area contributed by atoms with Gasteiger partial charge in [-0.05, 0) is 41.0 Å². The van der Waals surface area contributed by atoms with E-state index in [0.717, 1.165) is 27.6 Å². The average Bonchev–Trinajstić information content (AvgIpc) is 2.98. The predicted molar refractivity (Wildman–Crippen MR) is 112 cm³/mol. The van der Waals surface area contributed by atoms with Crippen molar-refractivity contribution in [2.45, 2.75) is 12.8 Å². The Hall–Kier alpha value is -2.75. The summed E-state index contributed by atoms with van der Waals surface area (Å²) in [4.78, 5) is 11.4. The number of carboxylic acid groups (broad SMARTS) is 1. The third-order valence-electron chi connectivity index (χ3n) is 4.60. The number of benzene rings is 3. The number of aliphatic carboxylic acids is 1. The van der Waals surface area contributed by atoms with Crippen LogP contribution in [0, 0.1) is 0 Å². The van der Waals surface area contributed by atoms with Gasteiger partial charge in [-0.3, -0.25) is 4.79 Å². The topological polar surface area (TPSA) is 50.4 Å². The monoisotopic (exact) mass is 410 g/mol. The van der Waals surface area contributed by atoms with Crippen molar-refractivity contribution >= 4 is 40.1 Å². The van der Waals surface area contributed by atoms with Crippen LogP contribution in [0.1, 0.15) is 16.9 Å². The van der Waals surface area contributed by atoms with E-state index in [1.807, 2.05) is 60.7 Å². The molecule has 28 heavy (non-hydrogen) atoms. The first-order valence-electron chi connectivity index (χ1n) is 8.76. The van der Waals surface area contributed by atoms with E-state index in [9.17, 15) is 9.90 Å². The van der Waals surface area contributed by atoms with Crippen molar-refractivity contribution in [2.24, 2.45) is 0 Å². The molecule has 3 aromatic carbocycles. The Labute approximate surface area is 172 Å². The molecule has 0 spiro atoms. The first-order valence-corrected chi connectivity index (χ1v) is 9.51. The van der Waals surface area contributed by atoms with Gasteiger partial charge in [-0.1, -0.05) is 65.7 Å². The van der Waals surface area contributed by atoms with Gasteiger partial charge in [0, 0.05) is 27.4 Å². The van der Waals surface area contributed by atoms with Crippen LogP contribution in [0.4, 0.5) is 0 Å². The van der Waals surface area contributed by atoms with Crippen molar-refractivity contribution in [1.82, 2.24) is 0 Å². The molecule has 0 atom stereocenters. The van der Waals surface area contributed by atoms with Crippen LogP contribution in [0.5, 0.6) is 0 Å². The van der Waals surface area contributed by atoms with Gasteiger partial charge < -0.3 is 9.52 Å². The van der Waals surface area contributed by atoms with Crippen LogP contribution in [0.3, 0.4) is 0 Å². The summed E-state index contributed by atoms with van der Waals surface area (Å²) in [5, 5.41) is 11.3. The zero-order valence-corrected chi connectivity index (χ0v) is 16.3. The lowest BCUT2D eigenvalue weighted by Crippen LogP contribution is -2.02. The molecule has 0 aliphatic rings. The third-order valence-corrected chi connectivity index (χ3v) is 5.03. The summed E-state index contributed by atoms with van der Waals surface area (Å²) in [6.07, 6.45) is 0.426. The highest BCUT2D eigenvalue weighted by Crippen LogP contribution is 2.31. The molecule has 5 heteroatoms. The number of halogens is 2. The number of hydrogen-bond donors (Lipinski definition) is 1. The molecule has 140 valence electrons. The molecule has 0 aliphatic carbocycles. The minimum atomic E-state index is -0.880. The van der Waals surface area contributed by atoms with Crippen LogP contribution in [-0.4, -0.2) is 11.1 Å². The highest BCUT2D eigenvalue weighted by Gasteiger charge is 2.17. The number of para-hydroxylation sites is 1. The third kappa shape index (κ3) is 3.91. The van der Waals surface area contributed by atoms with Gasteiger partial charge in [0.1, 0.15) is 11.3 Å². The summed E-state index contributed by atoms with van der Waals surface area (Å²) in [6, 6.07) is 20.9. The first-order chi connectivity index (χ1) is 13.5. The summed E-state index contributed by atoms with van der Waals surface area (Å²) < 4.78 is 5.98. The van der Waals surface area contributed by atoms with E-state index >= 15 is 0 Å². The Morgan fingerprint density at radius 1 is 0.893 bits per heavy atom. The number of carbonyl (C=O) groups is 1. The summed E-state index contributed by atoms with van der Waals surface area (Å²) in [6.45, 7) is 0. The zero-order valence-electron chi connectivity index (χ0n) is 14.8. The molecule has 0 amide bonds. The fraction of sp³-hybridized carbons (Fsp3) is 0.0870. The molecule has 0 saturated carbocycles. The van der Waals surface area contributed by atoms with Gasteiger partial charge in [0.05, 0.1) is 6.42 Å². The van der Waals surface area contributed by atoms with Crippen molar-refractivity contribution in [2.75, 3.05) is 0 Å². The standard InChI is InChI=1S/C23H16Cl2O3/c24-17-10-16(11-18(25)12-17)15-5-3-4-14(8-15)9-22-20(13-23(26)27)19-6-1-2-7-21(19)28-22/h1-8,10-12H,9,13H2,(H,26,27). The molecule has 0 saturated heterocycles. The first kappa shape index (κ1) is 18.6. The van der Waals surface area contributed by atoms with E-state index in [1.54, 1.807) is 6.07 Å². The smallest absolute Gasteiger partial charge is 0.307 e. The fourth-order valence-electron chi connectivity index (χ4n) is 3.40. The van der Waals surface area contributed by atoms with Crippen LogP contribution in [0.2, 0.25) is 10.0 Å². The number of rotatable bonds is 5. The number of carboxylic acids is 1. The van der Waals surface area contributed by atoms with Crippen LogP contribution in [-0.2, 0) is 17.6 Å². The van der Waals surface area contributed by atoms with Gasteiger partial charge in [-0.2, -0.15) is 0 Å². The maximum Gasteiger partial charge on any atom is 0.307 e. The van der Waals surface area contributed by atoms with Crippen LogP contribution in [0.15, 0.2) is 71.1 Å². The molecule has 4 rings (SSSR count). The Morgan fingerprint density at radius 2 is 1.64 bits per heavy atom. The van der Waals surface area contributed by atoms with Gasteiger partial charge in [0.2, 0.25) is 0 Å². The molecule has 1 heterocycles. The van der Waals surface area contributed by atoms with Crippen molar-refractivity contribution in [3.8, 4) is 11.1 Å². The Bertz CT molecular complexity index is 1160. The second-order valence-electron chi connectivity index (χ2n) is 6.61. The average molecular weight is 411 g/mol.